The summed E-state index contributed by atoms with van der Waals surface area (Å²) in [5.74, 6) is -0.706. The molecule has 1 saturated heterocycles. The SMILES string of the molecule is Cc1cccc(C)c1OCC(=O)N[C@@H](Cc1ccccc1)[C@@](C[C@H](C)NC(=O)[C@H](C(C)C)N1CCCNC1=O)(OP(=O)([O-])[O-])c1ccccc1.[Na+].[Na+]. The first-order valence-electron chi connectivity index (χ1n) is 16.9. The van der Waals surface area contributed by atoms with Gasteiger partial charge in [0.1, 0.15) is 17.4 Å². The van der Waals surface area contributed by atoms with Crippen LogP contribution in [0.4, 0.5) is 4.79 Å². The van der Waals surface area contributed by atoms with Crippen LogP contribution in [0.5, 0.6) is 5.75 Å². The van der Waals surface area contributed by atoms with E-state index >= 15 is 0 Å². The predicted octanol–water partition coefficient (Wildman–Crippen LogP) is -2.51. The van der Waals surface area contributed by atoms with E-state index in [-0.39, 0.29) is 83.9 Å². The van der Waals surface area contributed by atoms with Crippen LogP contribution in [0.3, 0.4) is 0 Å². The fraction of sp³-hybridized carbons (Fsp3) is 0.432. The molecular weight excluding hydrogens is 705 g/mol. The predicted molar refractivity (Wildman–Crippen MR) is 186 cm³/mol. The Morgan fingerprint density at radius 1 is 0.923 bits per heavy atom. The molecule has 0 bridgehead atoms. The van der Waals surface area contributed by atoms with E-state index < -0.39 is 50.0 Å². The van der Waals surface area contributed by atoms with E-state index in [0.29, 0.717) is 30.8 Å². The standard InChI is InChI=1S/C37H49N4O8P.2Na/c1-25(2)33(41-21-13-20-38-36(41)44)35(43)39-28(5)23-37(49-50(45,46)47,30-18-10-7-11-19-30)31(22-29-16-8-6-9-17-29)40-32(42)24-48-34-26(3)14-12-15-27(34)4;;/h6-12,14-19,25,28,31,33H,13,20-24H2,1-5H3,(H,38,44)(H,39,43)(H,40,42)(H2,45,46,47);;/q;2*+1/p-2/t28-,31-,33-,37-;;/m0../s1. The van der Waals surface area contributed by atoms with Crippen LogP contribution in [-0.2, 0) is 30.7 Å². The summed E-state index contributed by atoms with van der Waals surface area (Å²) in [6.45, 7) is 9.60. The molecular formula is C37H47N4Na2O8P. The first-order valence-corrected chi connectivity index (χ1v) is 18.3. The van der Waals surface area contributed by atoms with Gasteiger partial charge >= 0.3 is 65.1 Å². The van der Waals surface area contributed by atoms with Gasteiger partial charge < -0.3 is 44.5 Å². The molecule has 1 heterocycles. The third kappa shape index (κ3) is 12.7. The van der Waals surface area contributed by atoms with Crippen LogP contribution in [0, 0.1) is 19.8 Å². The number of aryl methyl sites for hydroxylation is 2. The molecule has 0 unspecified atom stereocenters. The Labute approximate surface area is 351 Å². The number of nitrogens with zero attached hydrogens (tertiary/aromatic N) is 1. The van der Waals surface area contributed by atoms with E-state index in [1.165, 1.54) is 4.90 Å². The zero-order valence-corrected chi connectivity index (χ0v) is 36.1. The van der Waals surface area contributed by atoms with Gasteiger partial charge in [0.15, 0.2) is 6.61 Å². The van der Waals surface area contributed by atoms with Gasteiger partial charge in [-0.2, -0.15) is 0 Å². The second kappa shape index (κ2) is 21.0. The zero-order chi connectivity index (χ0) is 36.5. The molecule has 3 aromatic carbocycles. The summed E-state index contributed by atoms with van der Waals surface area (Å²) in [5.41, 5.74) is 0.737. The average Bonchev–Trinajstić information content (AvgIpc) is 3.05. The summed E-state index contributed by atoms with van der Waals surface area (Å²) in [6, 6.07) is 19.9. The molecule has 1 aliphatic rings. The Balaban J connectivity index is 0.00000468. The summed E-state index contributed by atoms with van der Waals surface area (Å²) < 4.78 is 24.2. The molecule has 0 saturated carbocycles. The second-order valence-corrected chi connectivity index (χ2v) is 14.3. The number of phosphoric ester groups is 1. The second-order valence-electron chi connectivity index (χ2n) is 13.2. The van der Waals surface area contributed by atoms with Gasteiger partial charge in [-0.1, -0.05) is 92.7 Å². The molecule has 15 heteroatoms. The summed E-state index contributed by atoms with van der Waals surface area (Å²) in [7, 11) is -5.74. The number of benzene rings is 3. The maximum absolute atomic E-state index is 13.8. The van der Waals surface area contributed by atoms with Gasteiger partial charge in [0.2, 0.25) is 5.91 Å². The number of ether oxygens (including phenoxy) is 1. The maximum Gasteiger partial charge on any atom is 1.00 e. The van der Waals surface area contributed by atoms with Gasteiger partial charge in [0.05, 0.1) is 13.9 Å². The van der Waals surface area contributed by atoms with Crippen LogP contribution in [0.15, 0.2) is 78.9 Å². The Morgan fingerprint density at radius 2 is 1.52 bits per heavy atom. The summed E-state index contributed by atoms with van der Waals surface area (Å²) in [4.78, 5) is 67.0. The molecule has 0 radical (unpaired) electrons. The number of rotatable bonds is 16. The van der Waals surface area contributed by atoms with Crippen molar-refractivity contribution in [3.05, 3.63) is 101 Å². The van der Waals surface area contributed by atoms with E-state index in [1.54, 1.807) is 49.4 Å². The average molecular weight is 753 g/mol. The number of urea groups is 1. The van der Waals surface area contributed by atoms with E-state index in [4.69, 9.17) is 9.26 Å². The smallest absolute Gasteiger partial charge is 0.790 e. The molecule has 4 rings (SSSR count). The number of phosphoric acid groups is 1. The molecule has 1 fully saturated rings. The van der Waals surface area contributed by atoms with Crippen molar-refractivity contribution < 1.29 is 97.1 Å². The number of amides is 4. The largest absolute Gasteiger partial charge is 1.00 e. The van der Waals surface area contributed by atoms with Gasteiger partial charge in [-0.15, -0.1) is 0 Å². The molecule has 52 heavy (non-hydrogen) atoms. The van der Waals surface area contributed by atoms with Crippen molar-refractivity contribution in [1.29, 1.82) is 0 Å². The Hall–Kier alpha value is -2.22. The molecule has 1 aliphatic heterocycles. The van der Waals surface area contributed by atoms with Gasteiger partial charge in [0.25, 0.3) is 5.91 Å². The fourth-order valence-electron chi connectivity index (χ4n) is 6.67. The van der Waals surface area contributed by atoms with E-state index in [2.05, 4.69) is 16.0 Å². The molecule has 12 nitrogen and oxygen atoms in total. The van der Waals surface area contributed by atoms with Crippen LogP contribution in [-0.4, -0.2) is 60.6 Å². The van der Waals surface area contributed by atoms with Crippen LogP contribution in [0.1, 0.15) is 55.9 Å². The molecule has 270 valence electrons. The summed E-state index contributed by atoms with van der Waals surface area (Å²) in [5, 5.41) is 8.66. The maximum atomic E-state index is 13.8. The van der Waals surface area contributed by atoms with Crippen molar-refractivity contribution >= 4 is 25.7 Å². The van der Waals surface area contributed by atoms with Crippen molar-refractivity contribution in [3.8, 4) is 5.75 Å². The third-order valence-electron chi connectivity index (χ3n) is 8.82. The van der Waals surface area contributed by atoms with Crippen molar-refractivity contribution in [2.75, 3.05) is 19.7 Å². The molecule has 0 aromatic heterocycles. The zero-order valence-electron chi connectivity index (χ0n) is 31.2. The Kier molecular flexibility index (Phi) is 18.6. The number of hydrogen-bond donors (Lipinski definition) is 3. The van der Waals surface area contributed by atoms with Crippen molar-refractivity contribution in [2.45, 2.75) is 77.6 Å². The number of nitrogens with one attached hydrogen (secondary N) is 3. The minimum Gasteiger partial charge on any atom is -0.790 e. The van der Waals surface area contributed by atoms with Crippen LogP contribution in [0.25, 0.3) is 0 Å². The Bertz CT molecular complexity index is 1640. The van der Waals surface area contributed by atoms with Crippen LogP contribution in [0.2, 0.25) is 0 Å². The normalized spacial score (nSPS) is 15.8. The molecule has 0 spiro atoms. The molecule has 4 atom stereocenters. The van der Waals surface area contributed by atoms with Gasteiger partial charge in [-0.05, 0) is 61.8 Å². The Morgan fingerprint density at radius 3 is 2.08 bits per heavy atom. The van der Waals surface area contributed by atoms with Gasteiger partial charge in [0, 0.05) is 25.6 Å². The number of para-hydroxylation sites is 1. The van der Waals surface area contributed by atoms with E-state index in [9.17, 15) is 28.7 Å². The monoisotopic (exact) mass is 752 g/mol. The summed E-state index contributed by atoms with van der Waals surface area (Å²) >= 11 is 0. The topological polar surface area (TPSA) is 172 Å². The van der Waals surface area contributed by atoms with E-state index in [0.717, 1.165) is 16.7 Å². The van der Waals surface area contributed by atoms with Crippen LogP contribution < -0.4 is 89.6 Å². The number of hydrogen-bond acceptors (Lipinski definition) is 8. The van der Waals surface area contributed by atoms with Gasteiger partial charge in [-0.3, -0.25) is 9.59 Å². The number of carbonyl (C=O) groups excluding carboxylic acids is 3. The molecule has 3 N–H and O–H groups in total. The first kappa shape index (κ1) is 45.9. The van der Waals surface area contributed by atoms with E-state index in [1.807, 2.05) is 64.1 Å². The van der Waals surface area contributed by atoms with Crippen molar-refractivity contribution in [1.82, 2.24) is 20.9 Å². The minimum absolute atomic E-state index is 0. The van der Waals surface area contributed by atoms with Gasteiger partial charge in [-0.25, -0.2) is 4.79 Å². The number of carbonyl (C=O) groups is 3. The molecule has 0 aliphatic carbocycles. The third-order valence-corrected chi connectivity index (χ3v) is 9.37. The molecule has 3 aromatic rings. The fourth-order valence-corrected chi connectivity index (χ4v) is 7.38. The quantitative estimate of drug-likeness (QED) is 0.107. The first-order chi connectivity index (χ1) is 23.7. The van der Waals surface area contributed by atoms with Crippen molar-refractivity contribution in [3.63, 3.8) is 0 Å². The van der Waals surface area contributed by atoms with Crippen molar-refractivity contribution in [2.24, 2.45) is 5.92 Å². The summed E-state index contributed by atoms with van der Waals surface area (Å²) in [6.07, 6.45) is 0.511. The van der Waals surface area contributed by atoms with Crippen LogP contribution >= 0.6 is 7.82 Å². The minimum atomic E-state index is -5.74. The molecule has 4 amide bonds.